The molecule has 1 amide bonds. The van der Waals surface area contributed by atoms with Crippen LogP contribution in [0.3, 0.4) is 0 Å². The van der Waals surface area contributed by atoms with Crippen molar-refractivity contribution in [1.82, 2.24) is 4.90 Å². The Morgan fingerprint density at radius 3 is 2.86 bits per heavy atom. The van der Waals surface area contributed by atoms with Gasteiger partial charge in [-0.2, -0.15) is 0 Å². The fourth-order valence-corrected chi connectivity index (χ4v) is 3.19. The fourth-order valence-electron chi connectivity index (χ4n) is 3.19. The third-order valence-electron chi connectivity index (χ3n) is 4.32. The molecule has 2 atom stereocenters. The van der Waals surface area contributed by atoms with Crippen LogP contribution in [0.4, 0.5) is 4.39 Å². The lowest BCUT2D eigenvalue weighted by atomic mass is 10.0. The summed E-state index contributed by atoms with van der Waals surface area (Å²) in [5.41, 5.74) is 6.27. The first-order chi connectivity index (χ1) is 10.1. The highest BCUT2D eigenvalue weighted by Crippen LogP contribution is 2.30. The molecule has 0 aromatic heterocycles. The number of benzene rings is 1. The first-order valence-electron chi connectivity index (χ1n) is 7.46. The number of nitrogens with zero attached hydrogens (tertiary/aromatic N) is 1. The van der Waals surface area contributed by atoms with Crippen molar-refractivity contribution in [3.05, 3.63) is 29.6 Å². The lowest BCUT2D eigenvalue weighted by Crippen LogP contribution is -2.44. The van der Waals surface area contributed by atoms with Crippen LogP contribution in [0.15, 0.2) is 18.2 Å². The fraction of sp³-hybridized carbons (Fsp3) is 0.562. The van der Waals surface area contributed by atoms with Crippen molar-refractivity contribution in [2.45, 2.75) is 32.2 Å². The predicted octanol–water partition coefficient (Wildman–Crippen LogP) is 2.42. The largest absolute Gasteiger partial charge is 0.494 e. The summed E-state index contributed by atoms with van der Waals surface area (Å²) in [6.45, 7) is 3.19. The number of amides is 1. The highest BCUT2D eigenvalue weighted by Gasteiger charge is 2.33. The summed E-state index contributed by atoms with van der Waals surface area (Å²) in [6.07, 6.45) is 3.15. The SMILES string of the molecule is CCN(C(=O)c1ccc(F)c(OC)c1)C1CCCC1CN. The van der Waals surface area contributed by atoms with E-state index in [9.17, 15) is 9.18 Å². The number of methoxy groups -OCH3 is 1. The zero-order valence-corrected chi connectivity index (χ0v) is 12.6. The van der Waals surface area contributed by atoms with E-state index < -0.39 is 5.82 Å². The van der Waals surface area contributed by atoms with Crippen LogP contribution >= 0.6 is 0 Å². The van der Waals surface area contributed by atoms with Crippen LogP contribution in [0.5, 0.6) is 5.75 Å². The molecule has 0 spiro atoms. The summed E-state index contributed by atoms with van der Waals surface area (Å²) in [4.78, 5) is 14.6. The van der Waals surface area contributed by atoms with Gasteiger partial charge in [-0.3, -0.25) is 4.79 Å². The van der Waals surface area contributed by atoms with Crippen LogP contribution in [0.2, 0.25) is 0 Å². The molecule has 2 rings (SSSR count). The summed E-state index contributed by atoms with van der Waals surface area (Å²) >= 11 is 0. The zero-order valence-electron chi connectivity index (χ0n) is 12.6. The highest BCUT2D eigenvalue weighted by atomic mass is 19.1. The van der Waals surface area contributed by atoms with Crippen LogP contribution in [-0.4, -0.2) is 37.0 Å². The van der Waals surface area contributed by atoms with E-state index in [1.165, 1.54) is 25.3 Å². The Labute approximate surface area is 125 Å². The molecule has 0 radical (unpaired) electrons. The Bertz CT molecular complexity index is 507. The summed E-state index contributed by atoms with van der Waals surface area (Å²) < 4.78 is 18.4. The van der Waals surface area contributed by atoms with Crippen molar-refractivity contribution >= 4 is 5.91 Å². The van der Waals surface area contributed by atoms with Gasteiger partial charge < -0.3 is 15.4 Å². The van der Waals surface area contributed by atoms with Gasteiger partial charge in [0.1, 0.15) is 0 Å². The van der Waals surface area contributed by atoms with Crippen LogP contribution in [0.25, 0.3) is 0 Å². The molecule has 0 saturated heterocycles. The Morgan fingerprint density at radius 2 is 2.24 bits per heavy atom. The number of rotatable bonds is 5. The van der Waals surface area contributed by atoms with Crippen LogP contribution in [0, 0.1) is 11.7 Å². The minimum atomic E-state index is -0.460. The maximum atomic E-state index is 13.5. The average Bonchev–Trinajstić information content (AvgIpc) is 2.96. The number of hydrogen-bond donors (Lipinski definition) is 1. The third kappa shape index (κ3) is 3.18. The second kappa shape index (κ2) is 6.89. The molecule has 1 aliphatic rings. The molecular formula is C16H23FN2O2. The lowest BCUT2D eigenvalue weighted by Gasteiger charge is -2.32. The maximum absolute atomic E-state index is 13.5. The maximum Gasteiger partial charge on any atom is 0.254 e. The Kier molecular flexibility index (Phi) is 5.17. The van der Waals surface area contributed by atoms with Gasteiger partial charge in [0.25, 0.3) is 5.91 Å². The molecule has 1 aromatic rings. The normalized spacial score (nSPS) is 21.3. The molecule has 116 valence electrons. The van der Waals surface area contributed by atoms with Gasteiger partial charge in [-0.25, -0.2) is 4.39 Å². The van der Waals surface area contributed by atoms with Gasteiger partial charge in [0.05, 0.1) is 7.11 Å². The minimum absolute atomic E-state index is 0.0823. The number of halogens is 1. The van der Waals surface area contributed by atoms with Crippen molar-refractivity contribution in [3.8, 4) is 5.75 Å². The average molecular weight is 294 g/mol. The van der Waals surface area contributed by atoms with Gasteiger partial charge in [-0.15, -0.1) is 0 Å². The van der Waals surface area contributed by atoms with Gasteiger partial charge in [-0.05, 0) is 50.4 Å². The molecule has 1 fully saturated rings. The monoisotopic (exact) mass is 294 g/mol. The van der Waals surface area contributed by atoms with Crippen molar-refractivity contribution < 1.29 is 13.9 Å². The van der Waals surface area contributed by atoms with Crippen molar-refractivity contribution in [2.75, 3.05) is 20.2 Å². The van der Waals surface area contributed by atoms with Crippen molar-refractivity contribution in [2.24, 2.45) is 11.7 Å². The first kappa shape index (κ1) is 15.8. The van der Waals surface area contributed by atoms with Gasteiger partial charge >= 0.3 is 0 Å². The quantitative estimate of drug-likeness (QED) is 0.907. The van der Waals surface area contributed by atoms with E-state index in [1.54, 1.807) is 0 Å². The molecule has 1 aliphatic carbocycles. The smallest absolute Gasteiger partial charge is 0.254 e. The lowest BCUT2D eigenvalue weighted by molar-refractivity contribution is 0.0651. The minimum Gasteiger partial charge on any atom is -0.494 e. The summed E-state index contributed by atoms with van der Waals surface area (Å²) in [5.74, 6) is -0.0890. The van der Waals surface area contributed by atoms with Crippen LogP contribution in [-0.2, 0) is 0 Å². The van der Waals surface area contributed by atoms with Crippen LogP contribution in [0.1, 0.15) is 36.5 Å². The Morgan fingerprint density at radius 1 is 1.48 bits per heavy atom. The Hall–Kier alpha value is -1.62. The third-order valence-corrected chi connectivity index (χ3v) is 4.32. The van der Waals surface area contributed by atoms with E-state index in [1.807, 2.05) is 11.8 Å². The highest BCUT2D eigenvalue weighted by molar-refractivity contribution is 5.94. The standard InChI is InChI=1S/C16H23FN2O2/c1-3-19(14-6-4-5-12(14)10-18)16(20)11-7-8-13(17)15(9-11)21-2/h7-9,12,14H,3-6,10,18H2,1-2H3. The van der Waals surface area contributed by atoms with E-state index in [4.69, 9.17) is 10.5 Å². The molecule has 2 unspecified atom stereocenters. The van der Waals surface area contributed by atoms with Gasteiger partial charge in [0.15, 0.2) is 11.6 Å². The number of ether oxygens (including phenoxy) is 1. The van der Waals surface area contributed by atoms with Crippen molar-refractivity contribution in [1.29, 1.82) is 0 Å². The molecule has 2 N–H and O–H groups in total. The number of carbonyl (C=O) groups excluding carboxylic acids is 1. The van der Waals surface area contributed by atoms with E-state index in [0.29, 0.717) is 24.6 Å². The summed E-state index contributed by atoms with van der Waals surface area (Å²) in [7, 11) is 1.39. The molecule has 21 heavy (non-hydrogen) atoms. The van der Waals surface area contributed by atoms with E-state index in [0.717, 1.165) is 19.3 Å². The van der Waals surface area contributed by atoms with Crippen LogP contribution < -0.4 is 10.5 Å². The van der Waals surface area contributed by atoms with Gasteiger partial charge in [0.2, 0.25) is 0 Å². The second-order valence-electron chi connectivity index (χ2n) is 5.43. The van der Waals surface area contributed by atoms with Gasteiger partial charge in [-0.1, -0.05) is 6.42 Å². The first-order valence-corrected chi connectivity index (χ1v) is 7.46. The van der Waals surface area contributed by atoms with E-state index in [-0.39, 0.29) is 17.7 Å². The van der Waals surface area contributed by atoms with Gasteiger partial charge in [0, 0.05) is 18.2 Å². The van der Waals surface area contributed by atoms with E-state index >= 15 is 0 Å². The molecule has 0 bridgehead atoms. The summed E-state index contributed by atoms with van der Waals surface area (Å²) in [5, 5.41) is 0. The van der Waals surface area contributed by atoms with E-state index in [2.05, 4.69) is 0 Å². The molecular weight excluding hydrogens is 271 g/mol. The predicted molar refractivity (Wildman–Crippen MR) is 79.8 cm³/mol. The number of hydrogen-bond acceptors (Lipinski definition) is 3. The molecule has 1 aromatic carbocycles. The van der Waals surface area contributed by atoms with Crippen molar-refractivity contribution in [3.63, 3.8) is 0 Å². The summed E-state index contributed by atoms with van der Waals surface area (Å²) in [6, 6.07) is 4.43. The molecule has 0 heterocycles. The number of carbonyl (C=O) groups is 1. The second-order valence-corrected chi connectivity index (χ2v) is 5.43. The zero-order chi connectivity index (χ0) is 15.4. The molecule has 5 heteroatoms. The topological polar surface area (TPSA) is 55.6 Å². The molecule has 1 saturated carbocycles. The molecule has 0 aliphatic heterocycles. The Balaban J connectivity index is 2.24. The number of nitrogens with two attached hydrogens (primary N) is 1. The molecule has 4 nitrogen and oxygen atoms in total.